The summed E-state index contributed by atoms with van der Waals surface area (Å²) in [6.07, 6.45) is 1.70. The third-order valence-electron chi connectivity index (χ3n) is 3.66. The third kappa shape index (κ3) is 4.24. The van der Waals surface area contributed by atoms with Crippen molar-refractivity contribution in [1.29, 1.82) is 5.26 Å². The van der Waals surface area contributed by atoms with Gasteiger partial charge in [-0.05, 0) is 43.9 Å². The Morgan fingerprint density at radius 3 is 2.71 bits per heavy atom. The summed E-state index contributed by atoms with van der Waals surface area (Å²) in [5.41, 5.74) is -0.863. The maximum Gasteiger partial charge on any atom is 0.364 e. The van der Waals surface area contributed by atoms with Gasteiger partial charge in [0.25, 0.3) is 0 Å². The molecular formula is C17H18N4O6S. The maximum absolute atomic E-state index is 12.3. The van der Waals surface area contributed by atoms with Crippen LogP contribution in [0.4, 0.5) is 0 Å². The fourth-order valence-electron chi connectivity index (χ4n) is 2.39. The van der Waals surface area contributed by atoms with Crippen molar-refractivity contribution in [2.75, 3.05) is 20.0 Å². The monoisotopic (exact) mass is 406 g/mol. The molecule has 0 fully saturated rings. The summed E-state index contributed by atoms with van der Waals surface area (Å²) in [5, 5.41) is 21.9. The predicted octanol–water partition coefficient (Wildman–Crippen LogP) is 2.22. The Bertz CT molecular complexity index is 892. The molecule has 1 aliphatic heterocycles. The molecule has 0 saturated heterocycles. The highest BCUT2D eigenvalue weighted by Crippen LogP contribution is 2.31. The smallest absolute Gasteiger partial charge is 0.364 e. The van der Waals surface area contributed by atoms with Crippen LogP contribution in [0.5, 0.6) is 5.75 Å². The molecule has 0 spiro atoms. The zero-order valence-electron chi connectivity index (χ0n) is 15.7. The number of hydrogen-bond donors (Lipinski definition) is 0. The lowest BCUT2D eigenvalue weighted by molar-refractivity contribution is -0.421. The van der Waals surface area contributed by atoms with Crippen molar-refractivity contribution in [1.82, 2.24) is 5.06 Å². The molecule has 1 aromatic rings. The summed E-state index contributed by atoms with van der Waals surface area (Å²) in [6.45, 7) is 3.33. The minimum Gasteiger partial charge on any atom is -0.461 e. The largest absolute Gasteiger partial charge is 0.461 e. The molecule has 0 bridgehead atoms. The van der Waals surface area contributed by atoms with Gasteiger partial charge >= 0.3 is 17.5 Å². The average molecular weight is 406 g/mol. The standard InChI is InChI=1S/C17H18N4O6S/c1-5-26-16(22)13-14(21(23)24)15(20(25-3)17(19-13)28-4)27-12-7-6-11(9-18)10(2)8-12/h6-8,17H,5H2,1-4H3. The molecular weight excluding hydrogens is 388 g/mol. The molecule has 11 heteroatoms. The van der Waals surface area contributed by atoms with Crippen LogP contribution in [0, 0.1) is 28.4 Å². The van der Waals surface area contributed by atoms with Crippen molar-refractivity contribution < 1.29 is 24.0 Å². The molecule has 1 heterocycles. The Hall–Kier alpha value is -3.10. The Labute approximate surface area is 165 Å². The van der Waals surface area contributed by atoms with Gasteiger partial charge in [0.05, 0.1) is 30.3 Å². The van der Waals surface area contributed by atoms with E-state index in [0.717, 1.165) is 5.06 Å². The van der Waals surface area contributed by atoms with Crippen LogP contribution in [-0.2, 0) is 14.4 Å². The van der Waals surface area contributed by atoms with Crippen LogP contribution in [-0.4, -0.2) is 47.1 Å². The number of nitrogens with zero attached hydrogens (tertiary/aromatic N) is 4. The van der Waals surface area contributed by atoms with E-state index in [-0.39, 0.29) is 18.2 Å². The van der Waals surface area contributed by atoms with E-state index in [0.29, 0.717) is 11.1 Å². The molecule has 1 aromatic carbocycles. The van der Waals surface area contributed by atoms with Crippen LogP contribution in [0.25, 0.3) is 0 Å². The molecule has 2 rings (SSSR count). The van der Waals surface area contributed by atoms with Crippen LogP contribution >= 0.6 is 11.8 Å². The van der Waals surface area contributed by atoms with E-state index in [4.69, 9.17) is 19.6 Å². The van der Waals surface area contributed by atoms with Gasteiger partial charge in [0.15, 0.2) is 5.50 Å². The number of nitriles is 1. The van der Waals surface area contributed by atoms with E-state index < -0.39 is 27.8 Å². The van der Waals surface area contributed by atoms with Crippen molar-refractivity contribution in [2.45, 2.75) is 19.3 Å². The molecule has 1 aliphatic rings. The normalized spacial score (nSPS) is 16.3. The van der Waals surface area contributed by atoms with Crippen LogP contribution in [0.2, 0.25) is 0 Å². The van der Waals surface area contributed by atoms with Crippen molar-refractivity contribution in [3.05, 3.63) is 51.0 Å². The fraction of sp³-hybridized carbons (Fsp3) is 0.353. The first-order valence-corrected chi connectivity index (χ1v) is 9.35. The topological polar surface area (TPSA) is 127 Å². The van der Waals surface area contributed by atoms with Gasteiger partial charge in [0, 0.05) is 0 Å². The van der Waals surface area contributed by atoms with Crippen molar-refractivity contribution >= 4 is 23.4 Å². The highest BCUT2D eigenvalue weighted by atomic mass is 32.2. The van der Waals surface area contributed by atoms with Crippen molar-refractivity contribution in [2.24, 2.45) is 4.99 Å². The number of hydroxylamine groups is 2. The van der Waals surface area contributed by atoms with Gasteiger partial charge in [-0.1, -0.05) is 0 Å². The lowest BCUT2D eigenvalue weighted by Gasteiger charge is -2.31. The van der Waals surface area contributed by atoms with Crippen LogP contribution in [0.15, 0.2) is 34.8 Å². The van der Waals surface area contributed by atoms with Gasteiger partial charge in [-0.3, -0.25) is 15.0 Å². The van der Waals surface area contributed by atoms with Crippen molar-refractivity contribution in [3.8, 4) is 11.8 Å². The summed E-state index contributed by atoms with van der Waals surface area (Å²) in [4.78, 5) is 32.6. The van der Waals surface area contributed by atoms with Gasteiger partial charge in [-0.25, -0.2) is 9.79 Å². The first-order valence-electron chi connectivity index (χ1n) is 8.06. The minimum atomic E-state index is -0.930. The Kier molecular flexibility index (Phi) is 6.97. The van der Waals surface area contributed by atoms with Crippen molar-refractivity contribution in [3.63, 3.8) is 0 Å². The number of rotatable bonds is 7. The molecule has 0 saturated carbocycles. The number of benzene rings is 1. The number of esters is 1. The highest BCUT2D eigenvalue weighted by molar-refractivity contribution is 7.99. The number of aryl methyl sites for hydroxylation is 1. The fourth-order valence-corrected chi connectivity index (χ4v) is 2.98. The van der Waals surface area contributed by atoms with E-state index in [2.05, 4.69) is 4.99 Å². The first-order chi connectivity index (χ1) is 13.4. The molecule has 0 amide bonds. The van der Waals surface area contributed by atoms with E-state index in [1.165, 1.54) is 31.0 Å². The van der Waals surface area contributed by atoms with E-state index in [1.54, 1.807) is 26.2 Å². The molecule has 0 N–H and O–H groups in total. The van der Waals surface area contributed by atoms with Crippen LogP contribution in [0.3, 0.4) is 0 Å². The molecule has 0 aliphatic carbocycles. The first kappa shape index (κ1) is 21.2. The van der Waals surface area contributed by atoms with Gasteiger partial charge in [-0.2, -0.15) is 10.3 Å². The molecule has 0 radical (unpaired) electrons. The zero-order valence-corrected chi connectivity index (χ0v) is 16.5. The number of hydrogen-bond acceptors (Lipinski definition) is 10. The van der Waals surface area contributed by atoms with Crippen LogP contribution in [0.1, 0.15) is 18.1 Å². The van der Waals surface area contributed by atoms with Crippen LogP contribution < -0.4 is 4.74 Å². The SMILES string of the molecule is CCOC(=O)C1=NC(SC)N(OC)C(Oc2ccc(C#N)c(C)c2)=C1[N+](=O)[O-]. The third-order valence-corrected chi connectivity index (χ3v) is 4.38. The Balaban J connectivity index is 2.60. The van der Waals surface area contributed by atoms with E-state index >= 15 is 0 Å². The summed E-state index contributed by atoms with van der Waals surface area (Å²) < 4.78 is 10.6. The Morgan fingerprint density at radius 2 is 2.21 bits per heavy atom. The van der Waals surface area contributed by atoms with Gasteiger partial charge in [0.2, 0.25) is 5.71 Å². The number of nitro groups is 1. The minimum absolute atomic E-state index is 0.0335. The molecule has 148 valence electrons. The van der Waals surface area contributed by atoms with Gasteiger partial charge in [0.1, 0.15) is 5.75 Å². The maximum atomic E-state index is 12.3. The zero-order chi connectivity index (χ0) is 20.8. The number of carbonyl (C=O) groups excluding carboxylic acids is 1. The second-order valence-corrected chi connectivity index (χ2v) is 6.26. The summed E-state index contributed by atoms with van der Waals surface area (Å²) in [6, 6.07) is 6.61. The van der Waals surface area contributed by atoms with E-state index in [9.17, 15) is 14.9 Å². The van der Waals surface area contributed by atoms with Gasteiger partial charge < -0.3 is 9.47 Å². The quantitative estimate of drug-likeness (QED) is 0.380. The summed E-state index contributed by atoms with van der Waals surface area (Å²) in [7, 11) is 1.30. The lowest BCUT2D eigenvalue weighted by Crippen LogP contribution is -2.42. The molecule has 1 atom stereocenters. The number of thioether (sulfide) groups is 1. The molecule has 1 unspecified atom stereocenters. The van der Waals surface area contributed by atoms with Gasteiger partial charge in [-0.15, -0.1) is 11.8 Å². The summed E-state index contributed by atoms with van der Waals surface area (Å²) >= 11 is 1.18. The van der Waals surface area contributed by atoms with E-state index in [1.807, 2.05) is 6.07 Å². The Morgan fingerprint density at radius 1 is 1.50 bits per heavy atom. The predicted molar refractivity (Wildman–Crippen MR) is 101 cm³/mol. The molecule has 10 nitrogen and oxygen atoms in total. The number of carbonyl (C=O) groups is 1. The highest BCUT2D eigenvalue weighted by Gasteiger charge is 2.43. The molecule has 28 heavy (non-hydrogen) atoms. The second kappa shape index (κ2) is 9.20. The average Bonchev–Trinajstić information content (AvgIpc) is 2.67. The lowest BCUT2D eigenvalue weighted by atomic mass is 10.1. The number of ether oxygens (including phenoxy) is 2. The number of aliphatic imine (C=N–C) groups is 1. The second-order valence-electron chi connectivity index (χ2n) is 5.37. The summed E-state index contributed by atoms with van der Waals surface area (Å²) in [5.74, 6) is -1.01. The molecule has 0 aromatic heterocycles.